The van der Waals surface area contributed by atoms with Gasteiger partial charge in [-0.2, -0.15) is 5.10 Å². The number of aromatic nitrogens is 2. The largest absolute Gasteiger partial charge is 0.478 e. The second-order valence-corrected chi connectivity index (χ2v) is 6.65. The van der Waals surface area contributed by atoms with Gasteiger partial charge in [0.05, 0.1) is 23.2 Å². The van der Waals surface area contributed by atoms with E-state index >= 15 is 0 Å². The summed E-state index contributed by atoms with van der Waals surface area (Å²) in [5, 5.41) is 17.0. The summed E-state index contributed by atoms with van der Waals surface area (Å²) < 4.78 is 1.25. The lowest BCUT2D eigenvalue weighted by Crippen LogP contribution is -2.28. The third-order valence-corrected chi connectivity index (χ3v) is 4.66. The van der Waals surface area contributed by atoms with Gasteiger partial charge in [-0.15, -0.1) is 0 Å². The normalized spacial score (nSPS) is 10.7. The fourth-order valence-electron chi connectivity index (χ4n) is 3.23. The van der Waals surface area contributed by atoms with Crippen molar-refractivity contribution in [1.29, 1.82) is 0 Å². The first-order valence-electron chi connectivity index (χ1n) is 9.22. The molecule has 0 aliphatic carbocycles. The predicted molar refractivity (Wildman–Crippen MR) is 113 cm³/mol. The molecule has 0 aliphatic heterocycles. The summed E-state index contributed by atoms with van der Waals surface area (Å²) in [5.41, 5.74) is 0.720. The van der Waals surface area contributed by atoms with Crippen LogP contribution in [0.2, 0.25) is 0 Å². The van der Waals surface area contributed by atoms with E-state index in [4.69, 9.17) is 0 Å². The van der Waals surface area contributed by atoms with Gasteiger partial charge < -0.3 is 10.4 Å². The average Bonchev–Trinajstić information content (AvgIpc) is 2.76. The van der Waals surface area contributed by atoms with Crippen molar-refractivity contribution in [3.63, 3.8) is 0 Å². The molecule has 4 rings (SSSR count). The first-order chi connectivity index (χ1) is 14.5. The molecular weight excluding hydrogens is 382 g/mol. The van der Waals surface area contributed by atoms with Crippen LogP contribution in [0.25, 0.3) is 10.8 Å². The first kappa shape index (κ1) is 19.1. The van der Waals surface area contributed by atoms with E-state index in [0.29, 0.717) is 10.8 Å². The number of nitrogens with one attached hydrogen (secondary N) is 1. The highest BCUT2D eigenvalue weighted by molar-refractivity contribution is 6.12. The minimum Gasteiger partial charge on any atom is -0.478 e. The summed E-state index contributed by atoms with van der Waals surface area (Å²) in [4.78, 5) is 37.4. The minimum atomic E-state index is -1.15. The maximum absolute atomic E-state index is 13.0. The van der Waals surface area contributed by atoms with E-state index in [-0.39, 0.29) is 29.0 Å². The molecule has 0 unspecified atom stereocenters. The summed E-state index contributed by atoms with van der Waals surface area (Å²) in [6.45, 7) is 0.205. The third-order valence-electron chi connectivity index (χ3n) is 4.66. The number of rotatable bonds is 5. The number of carbonyl (C=O) groups excluding carboxylic acids is 1. The molecule has 0 atom stereocenters. The van der Waals surface area contributed by atoms with Crippen LogP contribution in [-0.4, -0.2) is 26.8 Å². The molecule has 0 saturated heterocycles. The van der Waals surface area contributed by atoms with Gasteiger partial charge in [-0.25, -0.2) is 9.48 Å². The van der Waals surface area contributed by atoms with Crippen LogP contribution in [0.5, 0.6) is 0 Å². The predicted octanol–water partition coefficient (Wildman–Crippen LogP) is 3.40. The molecule has 30 heavy (non-hydrogen) atoms. The lowest BCUT2D eigenvalue weighted by atomic mass is 10.1. The van der Waals surface area contributed by atoms with Gasteiger partial charge in [0, 0.05) is 5.39 Å². The number of carbonyl (C=O) groups is 2. The van der Waals surface area contributed by atoms with Crippen molar-refractivity contribution in [2.45, 2.75) is 6.54 Å². The number of anilines is 1. The number of hydrogen-bond donors (Lipinski definition) is 2. The van der Waals surface area contributed by atoms with Crippen molar-refractivity contribution in [2.75, 3.05) is 5.32 Å². The molecule has 2 N–H and O–H groups in total. The number of amides is 1. The number of carboxylic acids is 1. The van der Waals surface area contributed by atoms with Gasteiger partial charge in [0.1, 0.15) is 0 Å². The molecule has 0 fully saturated rings. The zero-order valence-electron chi connectivity index (χ0n) is 15.8. The van der Waals surface area contributed by atoms with Crippen LogP contribution in [0.1, 0.15) is 26.4 Å². The van der Waals surface area contributed by atoms with Gasteiger partial charge in [-0.1, -0.05) is 60.7 Å². The van der Waals surface area contributed by atoms with Crippen molar-refractivity contribution >= 4 is 28.3 Å². The second kappa shape index (κ2) is 8.00. The standard InChI is InChI=1S/C23H17N3O4/c27-21(24-19-13-7-6-12-18(19)23(29)30)20-16-10-4-5-11-17(16)22(28)26(25-20)14-15-8-2-1-3-9-15/h1-13H,14H2,(H,24,27)(H,29,30). The molecule has 7 heteroatoms. The van der Waals surface area contributed by atoms with Crippen LogP contribution in [0, 0.1) is 0 Å². The Morgan fingerprint density at radius 1 is 0.867 bits per heavy atom. The minimum absolute atomic E-state index is 0.0345. The highest BCUT2D eigenvalue weighted by Gasteiger charge is 2.19. The summed E-state index contributed by atoms with van der Waals surface area (Å²) in [6.07, 6.45) is 0. The first-order valence-corrected chi connectivity index (χ1v) is 9.22. The van der Waals surface area contributed by atoms with E-state index in [1.807, 2.05) is 30.3 Å². The molecular formula is C23H17N3O4. The zero-order chi connectivity index (χ0) is 21.1. The van der Waals surface area contributed by atoms with Gasteiger partial charge in [-0.3, -0.25) is 9.59 Å². The van der Waals surface area contributed by atoms with E-state index in [1.54, 1.807) is 36.4 Å². The summed E-state index contributed by atoms with van der Waals surface area (Å²) in [6, 6.07) is 22.2. The van der Waals surface area contributed by atoms with E-state index in [2.05, 4.69) is 10.4 Å². The SMILES string of the molecule is O=C(O)c1ccccc1NC(=O)c1nn(Cc2ccccc2)c(=O)c2ccccc12. The van der Waals surface area contributed by atoms with Crippen molar-refractivity contribution in [1.82, 2.24) is 9.78 Å². The monoisotopic (exact) mass is 399 g/mol. The van der Waals surface area contributed by atoms with Crippen molar-refractivity contribution in [2.24, 2.45) is 0 Å². The Balaban J connectivity index is 1.80. The lowest BCUT2D eigenvalue weighted by Gasteiger charge is -2.12. The van der Waals surface area contributed by atoms with E-state index in [0.717, 1.165) is 5.56 Å². The van der Waals surface area contributed by atoms with Gasteiger partial charge in [0.25, 0.3) is 11.5 Å². The smallest absolute Gasteiger partial charge is 0.337 e. The van der Waals surface area contributed by atoms with Crippen LogP contribution < -0.4 is 10.9 Å². The number of fused-ring (bicyclic) bond motifs is 1. The Bertz CT molecular complexity index is 1310. The van der Waals surface area contributed by atoms with Crippen LogP contribution in [0.15, 0.2) is 83.7 Å². The van der Waals surface area contributed by atoms with Crippen LogP contribution in [0.4, 0.5) is 5.69 Å². The number of benzene rings is 3. The van der Waals surface area contributed by atoms with Crippen molar-refractivity contribution in [3.05, 3.63) is 106 Å². The Morgan fingerprint density at radius 3 is 2.23 bits per heavy atom. The van der Waals surface area contributed by atoms with Gasteiger partial charge in [-0.05, 0) is 23.8 Å². The van der Waals surface area contributed by atoms with E-state index < -0.39 is 11.9 Å². The van der Waals surface area contributed by atoms with Crippen molar-refractivity contribution in [3.8, 4) is 0 Å². The average molecular weight is 399 g/mol. The summed E-state index contributed by atoms with van der Waals surface area (Å²) in [5.74, 6) is -1.75. The molecule has 0 spiro atoms. The molecule has 0 bridgehead atoms. The fourth-order valence-corrected chi connectivity index (χ4v) is 3.23. The van der Waals surface area contributed by atoms with Gasteiger partial charge in [0.15, 0.2) is 5.69 Å². The summed E-state index contributed by atoms with van der Waals surface area (Å²) in [7, 11) is 0. The number of hydrogen-bond acceptors (Lipinski definition) is 4. The van der Waals surface area contributed by atoms with Crippen LogP contribution in [-0.2, 0) is 6.54 Å². The van der Waals surface area contributed by atoms with Crippen molar-refractivity contribution < 1.29 is 14.7 Å². The number of carboxylic acid groups (broad SMARTS) is 1. The van der Waals surface area contributed by atoms with Gasteiger partial charge >= 0.3 is 5.97 Å². The Morgan fingerprint density at radius 2 is 1.50 bits per heavy atom. The summed E-state index contributed by atoms with van der Waals surface area (Å²) >= 11 is 0. The lowest BCUT2D eigenvalue weighted by molar-refractivity contribution is 0.0698. The van der Waals surface area contributed by atoms with E-state index in [1.165, 1.54) is 16.8 Å². The maximum Gasteiger partial charge on any atom is 0.337 e. The third kappa shape index (κ3) is 3.68. The second-order valence-electron chi connectivity index (χ2n) is 6.65. The Hall–Kier alpha value is -4.26. The Kier molecular flexibility index (Phi) is 5.09. The molecule has 7 nitrogen and oxygen atoms in total. The number of nitrogens with zero attached hydrogens (tertiary/aromatic N) is 2. The molecule has 148 valence electrons. The fraction of sp³-hybridized carbons (Fsp3) is 0.0435. The molecule has 4 aromatic rings. The van der Waals surface area contributed by atoms with Crippen LogP contribution in [0.3, 0.4) is 0 Å². The molecule has 1 aromatic heterocycles. The highest BCUT2D eigenvalue weighted by Crippen LogP contribution is 2.19. The molecule has 1 amide bonds. The number of aromatic carboxylic acids is 1. The molecule has 3 aromatic carbocycles. The molecule has 1 heterocycles. The molecule has 0 radical (unpaired) electrons. The maximum atomic E-state index is 13.0. The zero-order valence-corrected chi connectivity index (χ0v) is 15.8. The quantitative estimate of drug-likeness (QED) is 0.536. The van der Waals surface area contributed by atoms with Gasteiger partial charge in [0.2, 0.25) is 0 Å². The Labute approximate surface area is 171 Å². The van der Waals surface area contributed by atoms with Crippen LogP contribution >= 0.6 is 0 Å². The topological polar surface area (TPSA) is 101 Å². The van der Waals surface area contributed by atoms with E-state index in [9.17, 15) is 19.5 Å². The highest BCUT2D eigenvalue weighted by atomic mass is 16.4. The molecule has 0 saturated carbocycles. The number of para-hydroxylation sites is 1. The molecule has 0 aliphatic rings.